The van der Waals surface area contributed by atoms with E-state index in [9.17, 15) is 0 Å². The zero-order valence-corrected chi connectivity index (χ0v) is 48.1. The topological polar surface area (TPSA) is 51.8 Å². The minimum Gasteiger partial charge on any atom is -0.455 e. The summed E-state index contributed by atoms with van der Waals surface area (Å²) in [7, 11) is -1.36. The third kappa shape index (κ3) is 13.9. The van der Waals surface area contributed by atoms with E-state index in [1.807, 2.05) is 30.6 Å². The first kappa shape index (κ1) is 53.5. The van der Waals surface area contributed by atoms with Gasteiger partial charge in [-0.25, -0.2) is 0 Å². The maximum atomic E-state index is 6.36. The molecule has 4 aromatic heterocycles. The Hall–Kier alpha value is -5.78. The first-order valence-electron chi connectivity index (χ1n) is 26.5. The molecule has 0 aliphatic heterocycles. The van der Waals surface area contributed by atoms with Crippen molar-refractivity contribution in [3.63, 3.8) is 0 Å². The monoisotopic (exact) mass is 1160 g/mol. The van der Waals surface area contributed by atoms with Crippen molar-refractivity contribution in [1.29, 1.82) is 0 Å². The number of hydrogen-bond acceptors (Lipinski definition) is 4. The maximum Gasteiger partial charge on any atom is 0.143 e. The van der Waals surface area contributed by atoms with Crippen molar-refractivity contribution in [1.82, 2.24) is 15.0 Å². The van der Waals surface area contributed by atoms with E-state index in [1.54, 1.807) is 0 Å². The first-order valence-corrected chi connectivity index (χ1v) is 30.0. The van der Waals surface area contributed by atoms with Gasteiger partial charge in [-0.05, 0) is 143 Å². The molecule has 5 aromatic carbocycles. The molecule has 73 heavy (non-hydrogen) atoms. The van der Waals surface area contributed by atoms with Crippen LogP contribution in [0.4, 0.5) is 0 Å². The van der Waals surface area contributed by atoms with Gasteiger partial charge in [0.25, 0.3) is 0 Å². The van der Waals surface area contributed by atoms with E-state index in [0.717, 1.165) is 80.7 Å². The molecule has 3 aliphatic rings. The standard InChI is InChI=1S/C32H29NO.C19H27NSi.C16H19N.Ir/c1-2-5-24(6-3-1)27-7-4-8-28-29-20-25(13-14-31(29)34-32(27)28)30-19-22(15-16-33-30)18-26-17-21-9-11-23(26)12-10-21;1-19(2,3)13-16-12-17(15-10-8-7-9-11-15)20-14-18(16)21(4,5)6;1-16(2,3)12-13-9-10-17-15(11-13)14-7-5-4-6-8-14;/h1-8,13-16,19-21,23,26H,9-12,17-18H2;7-12,14H,13H2,1-6H3;4-11H,12H2,1-3H3;. The largest absolute Gasteiger partial charge is 0.455 e. The summed E-state index contributed by atoms with van der Waals surface area (Å²) in [6, 6.07) is 55.4. The molecule has 1 atom stereocenters. The van der Waals surface area contributed by atoms with E-state index in [4.69, 9.17) is 14.4 Å². The number of nitrogens with zero attached hydrogens (tertiary/aromatic N) is 3. The summed E-state index contributed by atoms with van der Waals surface area (Å²) in [5, 5.41) is 3.81. The Labute approximate surface area is 450 Å². The fraction of sp³-hybridized carbons (Fsp3) is 0.328. The summed E-state index contributed by atoms with van der Waals surface area (Å²) < 4.78 is 6.36. The molecule has 4 nitrogen and oxygen atoms in total. The minimum atomic E-state index is -1.36. The molecule has 0 N–H and O–H groups in total. The molecule has 6 heteroatoms. The minimum absolute atomic E-state index is 0. The van der Waals surface area contributed by atoms with Gasteiger partial charge in [0.05, 0.1) is 25.2 Å². The van der Waals surface area contributed by atoms with E-state index >= 15 is 0 Å². The zero-order chi connectivity index (χ0) is 50.5. The average Bonchev–Trinajstić information content (AvgIpc) is 3.75. The van der Waals surface area contributed by atoms with Crippen molar-refractivity contribution in [2.24, 2.45) is 28.6 Å². The molecule has 1 radical (unpaired) electrons. The van der Waals surface area contributed by atoms with Gasteiger partial charge in [-0.3, -0.25) is 15.0 Å². The summed E-state index contributed by atoms with van der Waals surface area (Å²) in [5.41, 5.74) is 15.8. The van der Waals surface area contributed by atoms with Gasteiger partial charge < -0.3 is 4.42 Å². The predicted octanol–water partition coefficient (Wildman–Crippen LogP) is 17.9. The maximum absolute atomic E-state index is 6.36. The SMILES string of the molecule is CC(C)(C)Cc1cc(-c2ccccc2)ncc1[Si](C)(C)C.CC(C)(C)Cc1ccnc(-c2ccccc2)c1.[Ir].c1ccc(-c2cccc3c2oc2ccc(-c4cc(CC5CC6CCC5CC6)ccn4)cc23)cc1. The molecule has 3 aliphatic carbocycles. The van der Waals surface area contributed by atoms with Crippen LogP contribution in [-0.2, 0) is 39.4 Å². The quantitative estimate of drug-likeness (QED) is 0.135. The van der Waals surface area contributed by atoms with Gasteiger partial charge in [-0.2, -0.15) is 0 Å². The van der Waals surface area contributed by atoms with E-state index in [1.165, 1.54) is 77.1 Å². The Morgan fingerprint density at radius 2 is 1.08 bits per heavy atom. The second-order valence-corrected chi connectivity index (χ2v) is 29.2. The summed E-state index contributed by atoms with van der Waals surface area (Å²) >= 11 is 0. The number of pyridine rings is 3. The number of furan rings is 1. The normalized spacial score (nSPS) is 16.5. The zero-order valence-electron chi connectivity index (χ0n) is 44.7. The molecular formula is C67H75IrN3OSi. The second kappa shape index (κ2) is 23.2. The van der Waals surface area contributed by atoms with Crippen LogP contribution in [0.2, 0.25) is 19.6 Å². The molecular weight excluding hydrogens is 1080 g/mol. The number of fused-ring (bicyclic) bond motifs is 6. The van der Waals surface area contributed by atoms with Crippen molar-refractivity contribution in [2.45, 2.75) is 113 Å². The van der Waals surface area contributed by atoms with Crippen molar-refractivity contribution in [3.8, 4) is 44.9 Å². The molecule has 4 heterocycles. The predicted molar refractivity (Wildman–Crippen MR) is 308 cm³/mol. The second-order valence-electron chi connectivity index (χ2n) is 24.1. The third-order valence-electron chi connectivity index (χ3n) is 14.6. The van der Waals surface area contributed by atoms with Crippen molar-refractivity contribution in [3.05, 3.63) is 193 Å². The smallest absolute Gasteiger partial charge is 0.143 e. The van der Waals surface area contributed by atoms with Gasteiger partial charge in [-0.15, -0.1) is 0 Å². The van der Waals surface area contributed by atoms with Gasteiger partial charge in [0.1, 0.15) is 11.2 Å². The van der Waals surface area contributed by atoms with Crippen LogP contribution in [0.1, 0.15) is 90.3 Å². The van der Waals surface area contributed by atoms with Crippen molar-refractivity contribution in [2.75, 3.05) is 0 Å². The van der Waals surface area contributed by atoms with Crippen LogP contribution in [0.15, 0.2) is 181 Å². The van der Waals surface area contributed by atoms with Gasteiger partial charge in [-0.1, -0.05) is 183 Å². The molecule has 3 fully saturated rings. The van der Waals surface area contributed by atoms with Crippen LogP contribution in [0.5, 0.6) is 0 Å². The van der Waals surface area contributed by atoms with Crippen molar-refractivity contribution >= 4 is 35.2 Å². The summed E-state index contributed by atoms with van der Waals surface area (Å²) in [4.78, 5) is 13.9. The number of para-hydroxylation sites is 1. The Kier molecular flexibility index (Phi) is 17.0. The number of rotatable bonds is 9. The fourth-order valence-corrected chi connectivity index (χ4v) is 12.8. The summed E-state index contributed by atoms with van der Waals surface area (Å²) in [5.74, 6) is 2.78. The van der Waals surface area contributed by atoms with Crippen LogP contribution in [0, 0.1) is 28.6 Å². The van der Waals surface area contributed by atoms with Gasteiger partial charge in [0.2, 0.25) is 0 Å². The van der Waals surface area contributed by atoms with E-state index in [0.29, 0.717) is 10.8 Å². The summed E-state index contributed by atoms with van der Waals surface area (Å²) in [6.45, 7) is 20.9. The van der Waals surface area contributed by atoms with E-state index < -0.39 is 8.07 Å². The molecule has 0 spiro atoms. The van der Waals surface area contributed by atoms with Crippen LogP contribution < -0.4 is 5.19 Å². The molecule has 3 saturated carbocycles. The average molecular weight is 1160 g/mol. The van der Waals surface area contributed by atoms with Gasteiger partial charge >= 0.3 is 0 Å². The van der Waals surface area contributed by atoms with Crippen LogP contribution >= 0.6 is 0 Å². The number of benzene rings is 5. The molecule has 9 aromatic rings. The third-order valence-corrected chi connectivity index (χ3v) is 16.7. The first-order chi connectivity index (χ1) is 34.5. The molecule has 1 unspecified atom stereocenters. The molecule has 0 saturated heterocycles. The Morgan fingerprint density at radius 3 is 1.66 bits per heavy atom. The fourth-order valence-electron chi connectivity index (χ4n) is 11.3. The Balaban J connectivity index is 0.000000157. The Morgan fingerprint density at radius 1 is 0.521 bits per heavy atom. The Bertz CT molecular complexity index is 3210. The molecule has 377 valence electrons. The summed E-state index contributed by atoms with van der Waals surface area (Å²) in [6.07, 6.45) is 16.7. The van der Waals surface area contributed by atoms with Gasteiger partial charge in [0, 0.05) is 71.7 Å². The molecule has 12 rings (SSSR count). The van der Waals surface area contributed by atoms with E-state index in [-0.39, 0.29) is 20.1 Å². The number of aromatic nitrogens is 3. The van der Waals surface area contributed by atoms with Crippen LogP contribution in [0.3, 0.4) is 0 Å². The van der Waals surface area contributed by atoms with E-state index in [2.05, 4.69) is 212 Å². The van der Waals surface area contributed by atoms with Crippen LogP contribution in [-0.4, -0.2) is 23.0 Å². The van der Waals surface area contributed by atoms with Crippen LogP contribution in [0.25, 0.3) is 66.8 Å². The number of hydrogen-bond donors (Lipinski definition) is 0. The van der Waals surface area contributed by atoms with Gasteiger partial charge in [0.15, 0.2) is 0 Å². The molecule has 0 amide bonds. The molecule has 2 bridgehead atoms. The van der Waals surface area contributed by atoms with Crippen molar-refractivity contribution < 1.29 is 24.5 Å².